The van der Waals surface area contributed by atoms with Crippen LogP contribution in [0.1, 0.15) is 6.92 Å². The molecule has 1 N–H and O–H groups in total. The van der Waals surface area contributed by atoms with E-state index in [0.29, 0.717) is 12.3 Å². The molecule has 6 nitrogen and oxygen atoms in total. The third-order valence-corrected chi connectivity index (χ3v) is 5.51. The lowest BCUT2D eigenvalue weighted by Crippen LogP contribution is -2.55. The van der Waals surface area contributed by atoms with Crippen LogP contribution in [0.3, 0.4) is 0 Å². The zero-order chi connectivity index (χ0) is 14.0. The van der Waals surface area contributed by atoms with Gasteiger partial charge in [0.25, 0.3) is 0 Å². The molecule has 1 fully saturated rings. The van der Waals surface area contributed by atoms with Gasteiger partial charge in [0.2, 0.25) is 0 Å². The summed E-state index contributed by atoms with van der Waals surface area (Å²) < 4.78 is 27.8. The molecule has 2 atom stereocenters. The number of ether oxygens (including phenoxy) is 1. The van der Waals surface area contributed by atoms with Crippen LogP contribution in [0.2, 0.25) is 0 Å². The van der Waals surface area contributed by atoms with Crippen LogP contribution in [0.15, 0.2) is 0 Å². The Morgan fingerprint density at radius 2 is 2.22 bits per heavy atom. The van der Waals surface area contributed by atoms with Gasteiger partial charge in [-0.15, -0.1) is 0 Å². The number of aliphatic hydroxyl groups is 1. The number of rotatable bonds is 4. The summed E-state index contributed by atoms with van der Waals surface area (Å²) in [5.74, 6) is 0.479. The molecular formula is C10H19NO5S2. The van der Waals surface area contributed by atoms with Gasteiger partial charge < -0.3 is 9.84 Å². The summed E-state index contributed by atoms with van der Waals surface area (Å²) in [4.78, 5) is 13.0. The molecule has 106 valence electrons. The summed E-state index contributed by atoms with van der Waals surface area (Å²) >= 11 is 1.56. The Hall–Kier alpha value is -0.310. The van der Waals surface area contributed by atoms with Crippen molar-refractivity contribution in [2.45, 2.75) is 17.9 Å². The third kappa shape index (κ3) is 3.84. The predicted molar refractivity (Wildman–Crippen MR) is 70.2 cm³/mol. The number of hydrogen-bond donors (Lipinski definition) is 1. The molecule has 0 aromatic heterocycles. The number of carbonyl (C=O) groups is 1. The molecule has 0 aromatic carbocycles. The summed E-state index contributed by atoms with van der Waals surface area (Å²) in [5.41, 5.74) is -1.69. The standard InChI is InChI=1S/C10H19NO5S2/c1-10(13,9(12)16-2)7-11-4-5-17-6-8(11)18(3,14)15/h8,13H,4-7H2,1-3H3. The van der Waals surface area contributed by atoms with E-state index in [9.17, 15) is 18.3 Å². The topological polar surface area (TPSA) is 83.9 Å². The predicted octanol–water partition coefficient (Wildman–Crippen LogP) is -0.670. The minimum absolute atomic E-state index is 0.0437. The molecule has 1 heterocycles. The van der Waals surface area contributed by atoms with Gasteiger partial charge in [0.05, 0.1) is 7.11 Å². The fourth-order valence-corrected chi connectivity index (χ4v) is 4.81. The molecule has 0 spiro atoms. The first-order chi connectivity index (χ1) is 8.18. The Kier molecular flexibility index (Phi) is 5.05. The van der Waals surface area contributed by atoms with E-state index in [1.54, 1.807) is 16.7 Å². The van der Waals surface area contributed by atoms with Gasteiger partial charge >= 0.3 is 5.97 Å². The molecule has 0 bridgehead atoms. The third-order valence-electron chi connectivity index (χ3n) is 2.82. The largest absolute Gasteiger partial charge is 0.467 e. The van der Waals surface area contributed by atoms with Crippen molar-refractivity contribution < 1.29 is 23.1 Å². The Balaban J connectivity index is 2.83. The van der Waals surface area contributed by atoms with Crippen LogP contribution in [0.5, 0.6) is 0 Å². The van der Waals surface area contributed by atoms with Crippen LogP contribution in [0, 0.1) is 0 Å². The van der Waals surface area contributed by atoms with E-state index in [4.69, 9.17) is 0 Å². The number of thioether (sulfide) groups is 1. The highest BCUT2D eigenvalue weighted by molar-refractivity contribution is 8.00. The minimum Gasteiger partial charge on any atom is -0.467 e. The molecule has 0 saturated carbocycles. The Morgan fingerprint density at radius 3 is 2.72 bits per heavy atom. The van der Waals surface area contributed by atoms with Gasteiger partial charge in [-0.25, -0.2) is 13.2 Å². The number of carbonyl (C=O) groups excluding carboxylic acids is 1. The van der Waals surface area contributed by atoms with E-state index in [2.05, 4.69) is 4.74 Å². The molecule has 1 saturated heterocycles. The molecule has 0 radical (unpaired) electrons. The molecule has 8 heteroatoms. The molecule has 1 rings (SSSR count). The van der Waals surface area contributed by atoms with Crippen LogP contribution in [-0.4, -0.2) is 73.3 Å². The maximum atomic E-state index is 11.7. The summed E-state index contributed by atoms with van der Waals surface area (Å²) in [6, 6.07) is 0. The Labute approximate surface area is 112 Å². The maximum Gasteiger partial charge on any atom is 0.338 e. The number of nitrogens with zero attached hydrogens (tertiary/aromatic N) is 1. The van der Waals surface area contributed by atoms with E-state index in [1.807, 2.05) is 0 Å². The monoisotopic (exact) mass is 297 g/mol. The van der Waals surface area contributed by atoms with Crippen molar-refractivity contribution in [3.8, 4) is 0 Å². The van der Waals surface area contributed by atoms with Gasteiger partial charge in [-0.05, 0) is 6.92 Å². The molecule has 0 amide bonds. The normalized spacial score (nSPS) is 25.4. The Bertz CT molecular complexity index is 406. The zero-order valence-electron chi connectivity index (χ0n) is 10.7. The van der Waals surface area contributed by atoms with E-state index in [1.165, 1.54) is 20.3 Å². The first-order valence-corrected chi connectivity index (χ1v) is 8.61. The summed E-state index contributed by atoms with van der Waals surface area (Å²) in [7, 11) is -2.05. The van der Waals surface area contributed by atoms with Crippen molar-refractivity contribution in [1.82, 2.24) is 4.90 Å². The number of esters is 1. The number of β-amino-alcohol motifs (C(OH)–C–C–N with tert-alkyl or cyclic N) is 1. The van der Waals surface area contributed by atoms with E-state index in [0.717, 1.165) is 5.75 Å². The first kappa shape index (κ1) is 15.7. The van der Waals surface area contributed by atoms with E-state index >= 15 is 0 Å². The molecule has 0 aromatic rings. The smallest absolute Gasteiger partial charge is 0.338 e. The van der Waals surface area contributed by atoms with Gasteiger partial charge in [-0.2, -0.15) is 11.8 Å². The quantitative estimate of drug-likeness (QED) is 0.689. The molecule has 1 aliphatic rings. The van der Waals surface area contributed by atoms with Crippen LogP contribution in [0.25, 0.3) is 0 Å². The highest BCUT2D eigenvalue weighted by Gasteiger charge is 2.39. The lowest BCUT2D eigenvalue weighted by Gasteiger charge is -2.37. The van der Waals surface area contributed by atoms with Crippen molar-refractivity contribution in [1.29, 1.82) is 0 Å². The highest BCUT2D eigenvalue weighted by atomic mass is 32.2. The fourth-order valence-electron chi connectivity index (χ4n) is 1.87. The van der Waals surface area contributed by atoms with E-state index < -0.39 is 26.8 Å². The lowest BCUT2D eigenvalue weighted by molar-refractivity contribution is -0.162. The van der Waals surface area contributed by atoms with Crippen LogP contribution in [-0.2, 0) is 19.4 Å². The molecule has 0 aliphatic carbocycles. The summed E-state index contributed by atoms with van der Waals surface area (Å²) in [6.45, 7) is 1.81. The van der Waals surface area contributed by atoms with Gasteiger partial charge in [-0.3, -0.25) is 4.90 Å². The van der Waals surface area contributed by atoms with Crippen molar-refractivity contribution in [3.05, 3.63) is 0 Å². The molecular weight excluding hydrogens is 278 g/mol. The number of sulfone groups is 1. The van der Waals surface area contributed by atoms with Crippen LogP contribution < -0.4 is 0 Å². The fraction of sp³-hybridized carbons (Fsp3) is 0.900. The maximum absolute atomic E-state index is 11.7. The van der Waals surface area contributed by atoms with Crippen LogP contribution >= 0.6 is 11.8 Å². The van der Waals surface area contributed by atoms with E-state index in [-0.39, 0.29) is 6.54 Å². The molecule has 18 heavy (non-hydrogen) atoms. The second-order valence-electron chi connectivity index (χ2n) is 4.60. The molecule has 1 aliphatic heterocycles. The second-order valence-corrected chi connectivity index (χ2v) is 7.95. The first-order valence-electron chi connectivity index (χ1n) is 5.50. The minimum atomic E-state index is -3.24. The molecule has 2 unspecified atom stereocenters. The summed E-state index contributed by atoms with van der Waals surface area (Å²) in [6.07, 6.45) is 1.17. The Morgan fingerprint density at radius 1 is 1.61 bits per heavy atom. The second kappa shape index (κ2) is 5.77. The SMILES string of the molecule is COC(=O)C(C)(O)CN1CCSCC1S(C)(=O)=O. The van der Waals surface area contributed by atoms with Crippen molar-refractivity contribution >= 4 is 27.6 Å². The van der Waals surface area contributed by atoms with Gasteiger partial charge in [0, 0.05) is 30.9 Å². The zero-order valence-corrected chi connectivity index (χ0v) is 12.4. The van der Waals surface area contributed by atoms with Crippen molar-refractivity contribution in [2.75, 3.05) is 38.0 Å². The van der Waals surface area contributed by atoms with Crippen LogP contribution in [0.4, 0.5) is 0 Å². The van der Waals surface area contributed by atoms with Gasteiger partial charge in [-0.1, -0.05) is 0 Å². The van der Waals surface area contributed by atoms with Gasteiger partial charge in [0.1, 0.15) is 5.37 Å². The lowest BCUT2D eigenvalue weighted by atomic mass is 10.1. The van der Waals surface area contributed by atoms with Crippen molar-refractivity contribution in [3.63, 3.8) is 0 Å². The number of methoxy groups -OCH3 is 1. The summed E-state index contributed by atoms with van der Waals surface area (Å²) in [5, 5.41) is 9.34. The average Bonchev–Trinajstić information content (AvgIpc) is 2.26. The number of hydrogen-bond acceptors (Lipinski definition) is 7. The van der Waals surface area contributed by atoms with Gasteiger partial charge in [0.15, 0.2) is 15.4 Å². The van der Waals surface area contributed by atoms with Crippen molar-refractivity contribution in [2.24, 2.45) is 0 Å². The highest BCUT2D eigenvalue weighted by Crippen LogP contribution is 2.22. The average molecular weight is 297 g/mol.